The fourth-order valence-corrected chi connectivity index (χ4v) is 3.06. The Kier molecular flexibility index (Phi) is 6.23. The molecule has 1 heterocycles. The molecule has 0 radical (unpaired) electrons. The summed E-state index contributed by atoms with van der Waals surface area (Å²) in [7, 11) is 0. The summed E-state index contributed by atoms with van der Waals surface area (Å²) in [6.45, 7) is 8.75. The number of rotatable bonds is 4. The van der Waals surface area contributed by atoms with Crippen molar-refractivity contribution in [3.05, 3.63) is 34.9 Å². The number of piperidine rings is 1. The van der Waals surface area contributed by atoms with Crippen LogP contribution in [0, 0.1) is 19.8 Å². The molecule has 2 unspecified atom stereocenters. The molecule has 1 aromatic rings. The van der Waals surface area contributed by atoms with Crippen molar-refractivity contribution < 1.29 is 19.1 Å². The van der Waals surface area contributed by atoms with Gasteiger partial charge in [0.15, 0.2) is 6.23 Å². The van der Waals surface area contributed by atoms with Crippen molar-refractivity contribution in [2.45, 2.75) is 53.2 Å². The molecule has 2 rings (SSSR count). The van der Waals surface area contributed by atoms with E-state index in [-0.39, 0.29) is 12.5 Å². The number of hydrogen-bond donors (Lipinski definition) is 0. The van der Waals surface area contributed by atoms with E-state index in [4.69, 9.17) is 9.47 Å². The molecule has 5 nitrogen and oxygen atoms in total. The maximum absolute atomic E-state index is 12.8. The van der Waals surface area contributed by atoms with Gasteiger partial charge in [-0.1, -0.05) is 30.7 Å². The summed E-state index contributed by atoms with van der Waals surface area (Å²) in [6.07, 6.45) is 0.647. The number of ether oxygens (including phenoxy) is 2. The standard InChI is InChI=1S/C19H27NO4/c1-5-23-19(22)24-18-11-14(3)8-9-20(18)17(21)12-16-7-6-13(2)10-15(16)4/h6-7,10,14,18H,5,8-9,11-12H2,1-4H3. The second-order valence-electron chi connectivity index (χ2n) is 6.58. The first kappa shape index (κ1) is 18.3. The lowest BCUT2D eigenvalue weighted by Crippen LogP contribution is -2.48. The number of amides is 1. The van der Waals surface area contributed by atoms with Crippen LogP contribution >= 0.6 is 0 Å². The van der Waals surface area contributed by atoms with Gasteiger partial charge in [-0.2, -0.15) is 0 Å². The number of nitrogens with zero attached hydrogens (tertiary/aromatic N) is 1. The average molecular weight is 333 g/mol. The molecule has 1 aromatic carbocycles. The topological polar surface area (TPSA) is 55.8 Å². The minimum atomic E-state index is -0.707. The third-order valence-electron chi connectivity index (χ3n) is 4.47. The molecule has 1 saturated heterocycles. The number of likely N-dealkylation sites (tertiary alicyclic amines) is 1. The molecule has 24 heavy (non-hydrogen) atoms. The Morgan fingerprint density at radius 1 is 1.29 bits per heavy atom. The Balaban J connectivity index is 2.07. The molecule has 1 amide bonds. The molecule has 1 fully saturated rings. The Bertz CT molecular complexity index is 599. The van der Waals surface area contributed by atoms with E-state index in [2.05, 4.69) is 13.0 Å². The van der Waals surface area contributed by atoms with Gasteiger partial charge in [0.1, 0.15) is 0 Å². The summed E-state index contributed by atoms with van der Waals surface area (Å²) >= 11 is 0. The third-order valence-corrected chi connectivity index (χ3v) is 4.47. The Morgan fingerprint density at radius 3 is 2.71 bits per heavy atom. The van der Waals surface area contributed by atoms with E-state index in [1.807, 2.05) is 26.0 Å². The molecular weight excluding hydrogens is 306 g/mol. The van der Waals surface area contributed by atoms with E-state index < -0.39 is 12.4 Å². The zero-order chi connectivity index (χ0) is 17.7. The first-order valence-corrected chi connectivity index (χ1v) is 8.59. The van der Waals surface area contributed by atoms with Crippen LogP contribution in [0.5, 0.6) is 0 Å². The molecule has 0 saturated carbocycles. The van der Waals surface area contributed by atoms with E-state index >= 15 is 0 Å². The summed E-state index contributed by atoms with van der Waals surface area (Å²) in [5.41, 5.74) is 3.30. The highest BCUT2D eigenvalue weighted by molar-refractivity contribution is 5.79. The van der Waals surface area contributed by atoms with Crippen molar-refractivity contribution in [3.63, 3.8) is 0 Å². The molecule has 1 aliphatic heterocycles. The van der Waals surface area contributed by atoms with Gasteiger partial charge in [-0.15, -0.1) is 0 Å². The normalized spacial score (nSPS) is 20.6. The molecule has 132 valence electrons. The van der Waals surface area contributed by atoms with Crippen LogP contribution in [0.3, 0.4) is 0 Å². The molecule has 0 aliphatic carbocycles. The van der Waals surface area contributed by atoms with Crippen molar-refractivity contribution >= 4 is 12.1 Å². The number of carbonyl (C=O) groups is 2. The van der Waals surface area contributed by atoms with Gasteiger partial charge in [-0.25, -0.2) is 4.79 Å². The quantitative estimate of drug-likeness (QED) is 0.790. The maximum Gasteiger partial charge on any atom is 0.510 e. The van der Waals surface area contributed by atoms with E-state index in [1.54, 1.807) is 11.8 Å². The van der Waals surface area contributed by atoms with Crippen LogP contribution in [0.25, 0.3) is 0 Å². The molecule has 0 N–H and O–H groups in total. The van der Waals surface area contributed by atoms with Crippen LogP contribution in [0.1, 0.15) is 43.4 Å². The van der Waals surface area contributed by atoms with Gasteiger partial charge in [0.2, 0.25) is 5.91 Å². The van der Waals surface area contributed by atoms with Crippen molar-refractivity contribution in [2.24, 2.45) is 5.92 Å². The van der Waals surface area contributed by atoms with E-state index in [0.717, 1.165) is 17.5 Å². The SMILES string of the molecule is CCOC(=O)OC1CC(C)CCN1C(=O)Cc1ccc(C)cc1C. The Morgan fingerprint density at radius 2 is 2.04 bits per heavy atom. The Hall–Kier alpha value is -2.04. The van der Waals surface area contributed by atoms with E-state index in [0.29, 0.717) is 25.3 Å². The highest BCUT2D eigenvalue weighted by Crippen LogP contribution is 2.25. The van der Waals surface area contributed by atoms with Crippen LogP contribution < -0.4 is 0 Å². The molecular formula is C19H27NO4. The number of aryl methyl sites for hydroxylation is 2. The zero-order valence-corrected chi connectivity index (χ0v) is 15.0. The summed E-state index contributed by atoms with van der Waals surface area (Å²) in [4.78, 5) is 26.1. The summed E-state index contributed by atoms with van der Waals surface area (Å²) in [5, 5.41) is 0. The number of benzene rings is 1. The largest absolute Gasteiger partial charge is 0.510 e. The molecule has 0 bridgehead atoms. The van der Waals surface area contributed by atoms with Crippen LogP contribution in [-0.4, -0.2) is 36.3 Å². The fraction of sp³-hybridized carbons (Fsp3) is 0.579. The highest BCUT2D eigenvalue weighted by atomic mass is 16.7. The monoisotopic (exact) mass is 333 g/mol. The third kappa shape index (κ3) is 4.73. The lowest BCUT2D eigenvalue weighted by Gasteiger charge is -2.37. The second kappa shape index (κ2) is 8.18. The predicted molar refractivity (Wildman–Crippen MR) is 91.6 cm³/mol. The van der Waals surface area contributed by atoms with Crippen molar-refractivity contribution in [2.75, 3.05) is 13.2 Å². The number of carbonyl (C=O) groups excluding carboxylic acids is 2. The lowest BCUT2D eigenvalue weighted by molar-refractivity contribution is -0.147. The summed E-state index contributed by atoms with van der Waals surface area (Å²) < 4.78 is 10.2. The minimum Gasteiger partial charge on any atom is -0.435 e. The average Bonchev–Trinajstić information content (AvgIpc) is 2.50. The molecule has 0 spiro atoms. The fourth-order valence-electron chi connectivity index (χ4n) is 3.06. The number of hydrogen-bond acceptors (Lipinski definition) is 4. The van der Waals surface area contributed by atoms with Crippen molar-refractivity contribution in [1.82, 2.24) is 4.90 Å². The summed E-state index contributed by atoms with van der Waals surface area (Å²) in [6, 6.07) is 6.09. The van der Waals surface area contributed by atoms with Gasteiger partial charge in [0.05, 0.1) is 13.0 Å². The lowest BCUT2D eigenvalue weighted by atomic mass is 9.96. The van der Waals surface area contributed by atoms with Gasteiger partial charge in [0.25, 0.3) is 0 Å². The Labute approximate surface area is 143 Å². The maximum atomic E-state index is 12.8. The van der Waals surface area contributed by atoms with Crippen LogP contribution in [0.15, 0.2) is 18.2 Å². The first-order chi connectivity index (χ1) is 11.4. The van der Waals surface area contributed by atoms with Gasteiger partial charge >= 0.3 is 6.16 Å². The van der Waals surface area contributed by atoms with Crippen molar-refractivity contribution in [3.8, 4) is 0 Å². The first-order valence-electron chi connectivity index (χ1n) is 8.59. The predicted octanol–water partition coefficient (Wildman–Crippen LogP) is 3.60. The molecule has 2 atom stereocenters. The van der Waals surface area contributed by atoms with Crippen LogP contribution in [0.2, 0.25) is 0 Å². The molecule has 5 heteroatoms. The second-order valence-corrected chi connectivity index (χ2v) is 6.58. The minimum absolute atomic E-state index is 0.0110. The smallest absolute Gasteiger partial charge is 0.435 e. The van der Waals surface area contributed by atoms with E-state index in [9.17, 15) is 9.59 Å². The van der Waals surface area contributed by atoms with E-state index in [1.165, 1.54) is 5.56 Å². The van der Waals surface area contributed by atoms with Gasteiger partial charge in [-0.3, -0.25) is 4.79 Å². The highest BCUT2D eigenvalue weighted by Gasteiger charge is 2.33. The van der Waals surface area contributed by atoms with Gasteiger partial charge in [-0.05, 0) is 44.2 Å². The summed E-state index contributed by atoms with van der Waals surface area (Å²) in [5.74, 6) is 0.401. The molecule has 1 aliphatic rings. The van der Waals surface area contributed by atoms with Gasteiger partial charge < -0.3 is 14.4 Å². The van der Waals surface area contributed by atoms with Gasteiger partial charge in [0, 0.05) is 13.0 Å². The van der Waals surface area contributed by atoms with Crippen molar-refractivity contribution in [1.29, 1.82) is 0 Å². The van der Waals surface area contributed by atoms with Crippen LogP contribution in [-0.2, 0) is 20.7 Å². The molecule has 0 aromatic heterocycles. The zero-order valence-electron chi connectivity index (χ0n) is 15.0. The van der Waals surface area contributed by atoms with Crippen LogP contribution in [0.4, 0.5) is 4.79 Å².